The molecular formula is C13H18N4O. The van der Waals surface area contributed by atoms with Crippen LogP contribution in [0.1, 0.15) is 16.8 Å². The van der Waals surface area contributed by atoms with E-state index in [0.29, 0.717) is 13.3 Å². The van der Waals surface area contributed by atoms with Crippen LogP contribution in [-0.2, 0) is 24.6 Å². The third-order valence-electron chi connectivity index (χ3n) is 2.60. The first-order valence-electron chi connectivity index (χ1n) is 5.92. The molecule has 1 aromatic heterocycles. The zero-order chi connectivity index (χ0) is 12.8. The van der Waals surface area contributed by atoms with Crippen molar-refractivity contribution in [2.24, 2.45) is 0 Å². The van der Waals surface area contributed by atoms with Crippen molar-refractivity contribution < 1.29 is 4.74 Å². The summed E-state index contributed by atoms with van der Waals surface area (Å²) < 4.78 is 6.64. The Hall–Kier alpha value is -1.72. The maximum Gasteiger partial charge on any atom is 0.140 e. The van der Waals surface area contributed by atoms with Crippen LogP contribution in [0, 0.1) is 6.92 Å². The van der Waals surface area contributed by atoms with Crippen LogP contribution in [0.5, 0.6) is 0 Å². The zero-order valence-corrected chi connectivity index (χ0v) is 10.8. The lowest BCUT2D eigenvalue weighted by molar-refractivity contribution is 0.119. The lowest BCUT2D eigenvalue weighted by atomic mass is 10.1. The van der Waals surface area contributed by atoms with Crippen molar-refractivity contribution in [2.75, 3.05) is 7.11 Å². The quantitative estimate of drug-likeness (QED) is 0.839. The molecule has 0 bridgehead atoms. The van der Waals surface area contributed by atoms with Gasteiger partial charge in [-0.3, -0.25) is 0 Å². The van der Waals surface area contributed by atoms with E-state index in [1.165, 1.54) is 11.1 Å². The maximum atomic E-state index is 4.97. The van der Waals surface area contributed by atoms with Crippen LogP contribution >= 0.6 is 0 Å². The average Bonchev–Trinajstić information content (AvgIpc) is 2.80. The van der Waals surface area contributed by atoms with Crippen LogP contribution < -0.4 is 5.32 Å². The van der Waals surface area contributed by atoms with E-state index in [0.717, 1.165) is 12.2 Å². The molecule has 0 fully saturated rings. The predicted molar refractivity (Wildman–Crippen MR) is 68.8 cm³/mol. The van der Waals surface area contributed by atoms with E-state index in [9.17, 15) is 0 Å². The predicted octanol–water partition coefficient (Wildman–Crippen LogP) is 1.48. The van der Waals surface area contributed by atoms with Crippen LogP contribution in [0.25, 0.3) is 0 Å². The Labute approximate surface area is 107 Å². The standard InChI is InChI=1S/C13H18N4O/c1-11-3-5-12(6-4-11)7-14-8-13-9-17(10-18-2)16-15-13/h3-6,9,14H,7-8,10H2,1-2H3. The molecule has 1 heterocycles. The molecule has 96 valence electrons. The number of methoxy groups -OCH3 is 1. The van der Waals surface area contributed by atoms with E-state index in [-0.39, 0.29) is 0 Å². The number of ether oxygens (including phenoxy) is 1. The molecule has 0 aliphatic carbocycles. The molecule has 0 amide bonds. The molecule has 0 aliphatic rings. The SMILES string of the molecule is COCn1cc(CNCc2ccc(C)cc2)nn1. The van der Waals surface area contributed by atoms with Gasteiger partial charge in [-0.15, -0.1) is 5.10 Å². The monoisotopic (exact) mass is 246 g/mol. The van der Waals surface area contributed by atoms with Gasteiger partial charge in [0, 0.05) is 20.2 Å². The second-order valence-electron chi connectivity index (χ2n) is 4.26. The number of hydrogen-bond donors (Lipinski definition) is 1. The lowest BCUT2D eigenvalue weighted by Gasteiger charge is -2.03. The summed E-state index contributed by atoms with van der Waals surface area (Å²) in [6.45, 7) is 4.06. The van der Waals surface area contributed by atoms with E-state index < -0.39 is 0 Å². The van der Waals surface area contributed by atoms with E-state index in [1.807, 2.05) is 6.20 Å². The van der Waals surface area contributed by atoms with Gasteiger partial charge in [-0.2, -0.15) is 0 Å². The molecule has 0 saturated heterocycles. The van der Waals surface area contributed by atoms with Crippen molar-refractivity contribution in [3.05, 3.63) is 47.3 Å². The van der Waals surface area contributed by atoms with Gasteiger partial charge in [0.05, 0.1) is 11.9 Å². The molecule has 18 heavy (non-hydrogen) atoms. The van der Waals surface area contributed by atoms with Crippen LogP contribution in [0.4, 0.5) is 0 Å². The van der Waals surface area contributed by atoms with Crippen LogP contribution in [0.15, 0.2) is 30.5 Å². The van der Waals surface area contributed by atoms with E-state index in [4.69, 9.17) is 4.74 Å². The molecule has 2 aromatic rings. The van der Waals surface area contributed by atoms with Gasteiger partial charge in [0.1, 0.15) is 6.73 Å². The largest absolute Gasteiger partial charge is 0.362 e. The number of benzene rings is 1. The second-order valence-corrected chi connectivity index (χ2v) is 4.26. The number of nitrogens with zero attached hydrogens (tertiary/aromatic N) is 3. The fourth-order valence-corrected chi connectivity index (χ4v) is 1.66. The number of rotatable bonds is 6. The highest BCUT2D eigenvalue weighted by Crippen LogP contribution is 2.03. The summed E-state index contributed by atoms with van der Waals surface area (Å²) in [5.74, 6) is 0. The number of hydrogen-bond acceptors (Lipinski definition) is 4. The first-order chi connectivity index (χ1) is 8.78. The Morgan fingerprint density at radius 2 is 2.00 bits per heavy atom. The van der Waals surface area contributed by atoms with Crippen LogP contribution in [-0.4, -0.2) is 22.1 Å². The molecule has 0 spiro atoms. The van der Waals surface area contributed by atoms with Crippen molar-refractivity contribution in [2.45, 2.75) is 26.7 Å². The van der Waals surface area contributed by atoms with Crippen LogP contribution in [0.2, 0.25) is 0 Å². The Balaban J connectivity index is 1.79. The number of aryl methyl sites for hydroxylation is 1. The molecule has 0 saturated carbocycles. The molecule has 1 aromatic carbocycles. The summed E-state index contributed by atoms with van der Waals surface area (Å²) in [6, 6.07) is 8.49. The summed E-state index contributed by atoms with van der Waals surface area (Å²) in [4.78, 5) is 0. The van der Waals surface area contributed by atoms with Gasteiger partial charge in [0.15, 0.2) is 0 Å². The van der Waals surface area contributed by atoms with E-state index >= 15 is 0 Å². The summed E-state index contributed by atoms with van der Waals surface area (Å²) in [6.07, 6.45) is 1.88. The Morgan fingerprint density at radius 3 is 2.72 bits per heavy atom. The first-order valence-corrected chi connectivity index (χ1v) is 5.92. The minimum Gasteiger partial charge on any atom is -0.362 e. The maximum absolute atomic E-state index is 4.97. The normalized spacial score (nSPS) is 10.8. The van der Waals surface area contributed by atoms with Gasteiger partial charge in [0.2, 0.25) is 0 Å². The summed E-state index contributed by atoms with van der Waals surface area (Å²) >= 11 is 0. The molecule has 0 radical (unpaired) electrons. The topological polar surface area (TPSA) is 52.0 Å². The second kappa shape index (κ2) is 6.28. The van der Waals surface area contributed by atoms with Gasteiger partial charge in [-0.05, 0) is 12.5 Å². The minimum atomic E-state index is 0.435. The Morgan fingerprint density at radius 1 is 1.22 bits per heavy atom. The van der Waals surface area contributed by atoms with Gasteiger partial charge >= 0.3 is 0 Å². The fraction of sp³-hybridized carbons (Fsp3) is 0.385. The molecule has 5 heteroatoms. The zero-order valence-electron chi connectivity index (χ0n) is 10.8. The Bertz CT molecular complexity index is 478. The van der Waals surface area contributed by atoms with Gasteiger partial charge < -0.3 is 10.1 Å². The number of aromatic nitrogens is 3. The minimum absolute atomic E-state index is 0.435. The average molecular weight is 246 g/mol. The van der Waals surface area contributed by atoms with E-state index in [1.54, 1.807) is 11.8 Å². The highest BCUT2D eigenvalue weighted by molar-refractivity contribution is 5.21. The first kappa shape index (κ1) is 12.7. The summed E-state index contributed by atoms with van der Waals surface area (Å²) in [5, 5.41) is 11.3. The van der Waals surface area contributed by atoms with E-state index in [2.05, 4.69) is 46.8 Å². The van der Waals surface area contributed by atoms with Crippen molar-refractivity contribution >= 4 is 0 Å². The molecule has 1 N–H and O–H groups in total. The third kappa shape index (κ3) is 3.65. The summed E-state index contributed by atoms with van der Waals surface area (Å²) in [5.41, 5.74) is 3.46. The third-order valence-corrected chi connectivity index (χ3v) is 2.60. The summed E-state index contributed by atoms with van der Waals surface area (Å²) in [7, 11) is 1.64. The Kier molecular flexibility index (Phi) is 4.44. The molecule has 0 unspecified atom stereocenters. The molecular weight excluding hydrogens is 228 g/mol. The van der Waals surface area contributed by atoms with Crippen molar-refractivity contribution in [1.82, 2.24) is 20.3 Å². The molecule has 0 aliphatic heterocycles. The van der Waals surface area contributed by atoms with Gasteiger partial charge in [-0.1, -0.05) is 35.0 Å². The van der Waals surface area contributed by atoms with Gasteiger partial charge in [0.25, 0.3) is 0 Å². The molecule has 5 nitrogen and oxygen atoms in total. The fourth-order valence-electron chi connectivity index (χ4n) is 1.66. The smallest absolute Gasteiger partial charge is 0.140 e. The highest BCUT2D eigenvalue weighted by Gasteiger charge is 2.00. The van der Waals surface area contributed by atoms with Crippen LogP contribution in [0.3, 0.4) is 0 Å². The highest BCUT2D eigenvalue weighted by atomic mass is 16.5. The number of nitrogens with one attached hydrogen (secondary N) is 1. The van der Waals surface area contributed by atoms with Crippen molar-refractivity contribution in [3.63, 3.8) is 0 Å². The van der Waals surface area contributed by atoms with Crippen molar-refractivity contribution in [3.8, 4) is 0 Å². The molecule has 2 rings (SSSR count). The van der Waals surface area contributed by atoms with Crippen molar-refractivity contribution in [1.29, 1.82) is 0 Å². The van der Waals surface area contributed by atoms with Gasteiger partial charge in [-0.25, -0.2) is 4.68 Å². The molecule has 0 atom stereocenters. The lowest BCUT2D eigenvalue weighted by Crippen LogP contribution is -2.12.